The first kappa shape index (κ1) is 13.0. The Balaban J connectivity index is 2.11. The van der Waals surface area contributed by atoms with Crippen molar-refractivity contribution in [3.63, 3.8) is 0 Å². The fourth-order valence-electron chi connectivity index (χ4n) is 2.18. The molecule has 0 aliphatic rings. The van der Waals surface area contributed by atoms with Crippen molar-refractivity contribution in [3.8, 4) is 28.7 Å². The molecule has 7 heteroatoms. The van der Waals surface area contributed by atoms with Crippen LogP contribution in [0, 0.1) is 23.0 Å². The van der Waals surface area contributed by atoms with E-state index in [2.05, 4.69) is 15.4 Å². The van der Waals surface area contributed by atoms with Crippen LogP contribution in [0.25, 0.3) is 22.6 Å². The van der Waals surface area contributed by atoms with E-state index in [9.17, 15) is 8.78 Å². The van der Waals surface area contributed by atoms with Crippen molar-refractivity contribution in [3.05, 3.63) is 47.7 Å². The zero-order chi connectivity index (χ0) is 15.0. The van der Waals surface area contributed by atoms with E-state index in [0.717, 1.165) is 12.1 Å². The zero-order valence-electron chi connectivity index (χ0n) is 10.9. The van der Waals surface area contributed by atoms with E-state index in [4.69, 9.17) is 5.26 Å². The molecule has 0 unspecified atom stereocenters. The Morgan fingerprint density at radius 3 is 2.57 bits per heavy atom. The minimum Gasteiger partial charge on any atom is -0.342 e. The minimum atomic E-state index is -0.908. The Morgan fingerprint density at radius 2 is 1.86 bits per heavy atom. The van der Waals surface area contributed by atoms with Crippen molar-refractivity contribution in [1.82, 2.24) is 20.0 Å². The highest BCUT2D eigenvalue weighted by Crippen LogP contribution is 2.28. The topological polar surface area (TPSA) is 70.3 Å². The lowest BCUT2D eigenvalue weighted by atomic mass is 10.1. The van der Waals surface area contributed by atoms with Gasteiger partial charge in [-0.3, -0.25) is 0 Å². The van der Waals surface area contributed by atoms with E-state index in [1.807, 2.05) is 6.07 Å². The summed E-state index contributed by atoms with van der Waals surface area (Å²) in [6.07, 6.45) is 0. The molecule has 2 aromatic heterocycles. The van der Waals surface area contributed by atoms with Gasteiger partial charge in [0.1, 0.15) is 11.8 Å². The van der Waals surface area contributed by atoms with Gasteiger partial charge >= 0.3 is 0 Å². The molecule has 0 radical (unpaired) electrons. The van der Waals surface area contributed by atoms with Crippen LogP contribution in [0.4, 0.5) is 8.78 Å². The van der Waals surface area contributed by atoms with E-state index in [1.54, 1.807) is 23.7 Å². The van der Waals surface area contributed by atoms with Gasteiger partial charge in [0.2, 0.25) is 0 Å². The Bertz CT molecular complexity index is 857. The van der Waals surface area contributed by atoms with Crippen LogP contribution in [0.1, 0.15) is 5.69 Å². The summed E-state index contributed by atoms with van der Waals surface area (Å²) in [6, 6.07) is 9.13. The quantitative estimate of drug-likeness (QED) is 0.786. The predicted octanol–water partition coefficient (Wildman–Crippen LogP) is 2.63. The monoisotopic (exact) mass is 285 g/mol. The molecule has 0 aliphatic carbocycles. The maximum absolute atomic E-state index is 13.3. The Labute approximate surface area is 118 Å². The van der Waals surface area contributed by atoms with Gasteiger partial charge in [0.05, 0.1) is 5.69 Å². The molecule has 21 heavy (non-hydrogen) atoms. The summed E-state index contributed by atoms with van der Waals surface area (Å²) in [4.78, 5) is 0. The number of aromatic nitrogens is 4. The van der Waals surface area contributed by atoms with Crippen LogP contribution in [-0.2, 0) is 7.05 Å². The van der Waals surface area contributed by atoms with E-state index < -0.39 is 11.6 Å². The molecule has 1 N–H and O–H groups in total. The lowest BCUT2D eigenvalue weighted by Gasteiger charge is -2.07. The molecular weight excluding hydrogens is 276 g/mol. The largest absolute Gasteiger partial charge is 0.342 e. The van der Waals surface area contributed by atoms with E-state index in [-0.39, 0.29) is 5.69 Å². The second-order valence-electron chi connectivity index (χ2n) is 4.42. The summed E-state index contributed by atoms with van der Waals surface area (Å²) in [6.45, 7) is 0. The molecule has 0 atom stereocenters. The van der Waals surface area contributed by atoms with Crippen LogP contribution in [0.2, 0.25) is 0 Å². The van der Waals surface area contributed by atoms with Gasteiger partial charge in [0, 0.05) is 18.3 Å². The highest BCUT2D eigenvalue weighted by atomic mass is 19.2. The standard InChI is InChI=1S/C14H9F2N5/c1-21-12(8-2-3-9(15)10(16)6-8)4-5-13(21)14-11(7-17)18-20-19-14/h2-6H,1H3,(H,18,19,20). The number of nitrogens with zero attached hydrogens (tertiary/aromatic N) is 4. The highest BCUT2D eigenvalue weighted by Gasteiger charge is 2.16. The Hall–Kier alpha value is -3.01. The maximum Gasteiger partial charge on any atom is 0.191 e. The van der Waals surface area contributed by atoms with Gasteiger partial charge < -0.3 is 4.57 Å². The van der Waals surface area contributed by atoms with Crippen molar-refractivity contribution >= 4 is 0 Å². The first-order valence-electron chi connectivity index (χ1n) is 6.04. The summed E-state index contributed by atoms with van der Waals surface area (Å²) in [5.41, 5.74) is 2.45. The van der Waals surface area contributed by atoms with Crippen LogP contribution >= 0.6 is 0 Å². The van der Waals surface area contributed by atoms with Gasteiger partial charge in [-0.15, -0.1) is 5.10 Å². The van der Waals surface area contributed by atoms with Crippen LogP contribution in [-0.4, -0.2) is 20.0 Å². The molecule has 2 heterocycles. The lowest BCUT2D eigenvalue weighted by molar-refractivity contribution is 0.509. The summed E-state index contributed by atoms with van der Waals surface area (Å²) in [5, 5.41) is 19.1. The van der Waals surface area contributed by atoms with Gasteiger partial charge in [-0.25, -0.2) is 8.78 Å². The molecule has 5 nitrogen and oxygen atoms in total. The number of benzene rings is 1. The molecule has 0 aliphatic heterocycles. The van der Waals surface area contributed by atoms with Crippen LogP contribution in [0.3, 0.4) is 0 Å². The fourth-order valence-corrected chi connectivity index (χ4v) is 2.18. The summed E-state index contributed by atoms with van der Waals surface area (Å²) in [5.74, 6) is -1.80. The van der Waals surface area contributed by atoms with Gasteiger partial charge in [0.15, 0.2) is 17.3 Å². The van der Waals surface area contributed by atoms with Gasteiger partial charge in [0.25, 0.3) is 0 Å². The normalized spacial score (nSPS) is 10.6. The average molecular weight is 285 g/mol. The van der Waals surface area contributed by atoms with Crippen molar-refractivity contribution < 1.29 is 8.78 Å². The zero-order valence-corrected chi connectivity index (χ0v) is 10.9. The minimum absolute atomic E-state index is 0.174. The first-order valence-corrected chi connectivity index (χ1v) is 6.04. The molecule has 0 fully saturated rings. The molecular formula is C14H9F2N5. The number of halogens is 2. The third-order valence-electron chi connectivity index (χ3n) is 3.23. The molecule has 0 saturated heterocycles. The number of H-pyrrole nitrogens is 1. The van der Waals surface area contributed by atoms with E-state index >= 15 is 0 Å². The van der Waals surface area contributed by atoms with Crippen molar-refractivity contribution in [1.29, 1.82) is 5.26 Å². The molecule has 0 amide bonds. The number of aromatic amines is 1. The molecule has 0 spiro atoms. The maximum atomic E-state index is 13.3. The predicted molar refractivity (Wildman–Crippen MR) is 70.9 cm³/mol. The van der Waals surface area contributed by atoms with E-state index in [1.165, 1.54) is 6.07 Å². The molecule has 1 aromatic carbocycles. The number of hydrogen-bond acceptors (Lipinski definition) is 3. The molecule has 3 aromatic rings. The Morgan fingerprint density at radius 1 is 1.10 bits per heavy atom. The Kier molecular flexibility index (Phi) is 2.99. The van der Waals surface area contributed by atoms with Gasteiger partial charge in [-0.2, -0.15) is 15.6 Å². The number of nitriles is 1. The van der Waals surface area contributed by atoms with Crippen LogP contribution in [0.5, 0.6) is 0 Å². The summed E-state index contributed by atoms with van der Waals surface area (Å²) in [7, 11) is 1.75. The number of nitrogens with one attached hydrogen (secondary N) is 1. The van der Waals surface area contributed by atoms with Gasteiger partial charge in [-0.1, -0.05) is 0 Å². The third kappa shape index (κ3) is 2.07. The van der Waals surface area contributed by atoms with Crippen molar-refractivity contribution in [2.45, 2.75) is 0 Å². The summed E-state index contributed by atoms with van der Waals surface area (Å²) < 4.78 is 28.1. The highest BCUT2D eigenvalue weighted by molar-refractivity contribution is 5.69. The lowest BCUT2D eigenvalue weighted by Crippen LogP contribution is -1.97. The third-order valence-corrected chi connectivity index (χ3v) is 3.23. The average Bonchev–Trinajstić information content (AvgIpc) is 3.08. The smallest absolute Gasteiger partial charge is 0.191 e. The SMILES string of the molecule is Cn1c(-c2ccc(F)c(F)c2)ccc1-c1n[nH]nc1C#N. The summed E-state index contributed by atoms with van der Waals surface area (Å²) >= 11 is 0. The van der Waals surface area contributed by atoms with E-state index in [0.29, 0.717) is 22.6 Å². The van der Waals surface area contributed by atoms with Gasteiger partial charge in [-0.05, 0) is 30.3 Å². The molecule has 104 valence electrons. The first-order chi connectivity index (χ1) is 10.1. The van der Waals surface area contributed by atoms with Crippen LogP contribution < -0.4 is 0 Å². The second kappa shape index (κ2) is 4.83. The molecule has 3 rings (SSSR count). The molecule has 0 saturated carbocycles. The second-order valence-corrected chi connectivity index (χ2v) is 4.42. The van der Waals surface area contributed by atoms with Crippen molar-refractivity contribution in [2.24, 2.45) is 7.05 Å². The molecule has 0 bridgehead atoms. The number of hydrogen-bond donors (Lipinski definition) is 1. The van der Waals surface area contributed by atoms with Crippen molar-refractivity contribution in [2.75, 3.05) is 0 Å². The van der Waals surface area contributed by atoms with Crippen LogP contribution in [0.15, 0.2) is 30.3 Å². The number of rotatable bonds is 2. The fraction of sp³-hybridized carbons (Fsp3) is 0.0714.